The molecule has 20 heavy (non-hydrogen) atoms. The highest BCUT2D eigenvalue weighted by Crippen LogP contribution is 2.28. The Hall–Kier alpha value is -1.43. The monoisotopic (exact) mass is 326 g/mol. The lowest BCUT2D eigenvalue weighted by molar-refractivity contribution is 0.447. The largest absolute Gasteiger partial charge is 0.459 e. The zero-order valence-electron chi connectivity index (χ0n) is 10.0. The van der Waals surface area contributed by atoms with Gasteiger partial charge < -0.3 is 8.83 Å². The van der Waals surface area contributed by atoms with E-state index in [1.54, 1.807) is 24.5 Å². The van der Waals surface area contributed by atoms with Gasteiger partial charge in [-0.3, -0.25) is 0 Å². The van der Waals surface area contributed by atoms with Gasteiger partial charge in [-0.25, -0.2) is 0 Å². The maximum atomic E-state index is 5.96. The Balaban J connectivity index is 1.68. The fourth-order valence-corrected chi connectivity index (χ4v) is 2.57. The van der Waals surface area contributed by atoms with Crippen LogP contribution in [0.5, 0.6) is 0 Å². The number of aromatic nitrogens is 2. The Bertz CT molecular complexity index is 713. The van der Waals surface area contributed by atoms with Gasteiger partial charge in [0.1, 0.15) is 0 Å². The third kappa shape index (κ3) is 3.00. The van der Waals surface area contributed by atoms with E-state index in [0.29, 0.717) is 32.7 Å². The highest BCUT2D eigenvalue weighted by Gasteiger charge is 2.11. The minimum Gasteiger partial charge on any atom is -0.459 e. The fraction of sp³-hybridized carbons (Fsp3) is 0.0769. The van der Waals surface area contributed by atoms with Crippen LogP contribution < -0.4 is 0 Å². The first-order valence-corrected chi connectivity index (χ1v) is 7.40. The molecule has 3 rings (SSSR count). The van der Waals surface area contributed by atoms with Crippen molar-refractivity contribution in [2.75, 3.05) is 0 Å². The molecule has 0 amide bonds. The lowest BCUT2D eigenvalue weighted by Gasteiger charge is -2.00. The summed E-state index contributed by atoms with van der Waals surface area (Å²) in [5.41, 5.74) is 1.03. The van der Waals surface area contributed by atoms with Crippen LogP contribution in [0.3, 0.4) is 0 Å². The van der Waals surface area contributed by atoms with Gasteiger partial charge in [0.05, 0.1) is 16.3 Å². The summed E-state index contributed by atoms with van der Waals surface area (Å²) in [6.07, 6.45) is 1.56. The van der Waals surface area contributed by atoms with Gasteiger partial charge in [-0.2, -0.15) is 0 Å². The maximum absolute atomic E-state index is 5.96. The van der Waals surface area contributed by atoms with Crippen molar-refractivity contribution in [1.82, 2.24) is 10.2 Å². The van der Waals surface area contributed by atoms with Crippen molar-refractivity contribution in [2.24, 2.45) is 0 Å². The van der Waals surface area contributed by atoms with Gasteiger partial charge in [-0.15, -0.1) is 10.2 Å². The van der Waals surface area contributed by atoms with E-state index < -0.39 is 0 Å². The highest BCUT2D eigenvalue weighted by atomic mass is 35.5. The molecule has 7 heteroatoms. The first-order valence-electron chi connectivity index (χ1n) is 5.66. The van der Waals surface area contributed by atoms with Crippen molar-refractivity contribution in [2.45, 2.75) is 11.0 Å². The van der Waals surface area contributed by atoms with Crippen molar-refractivity contribution in [3.63, 3.8) is 0 Å². The molecule has 1 aromatic carbocycles. The van der Waals surface area contributed by atoms with Crippen molar-refractivity contribution in [3.8, 4) is 11.7 Å². The smallest absolute Gasteiger partial charge is 0.284 e. The Labute approximate surface area is 129 Å². The predicted molar refractivity (Wildman–Crippen MR) is 78.0 cm³/mol. The highest BCUT2D eigenvalue weighted by molar-refractivity contribution is 7.98. The minimum atomic E-state index is 0.367. The lowest BCUT2D eigenvalue weighted by Crippen LogP contribution is -1.81. The number of rotatable bonds is 4. The van der Waals surface area contributed by atoms with E-state index in [9.17, 15) is 0 Å². The van der Waals surface area contributed by atoms with E-state index in [1.165, 1.54) is 11.8 Å². The molecule has 0 saturated heterocycles. The molecule has 0 N–H and O–H groups in total. The molecular weight excluding hydrogens is 319 g/mol. The van der Waals surface area contributed by atoms with Crippen LogP contribution in [0.15, 0.2) is 50.7 Å². The molecule has 3 aromatic rings. The van der Waals surface area contributed by atoms with Crippen LogP contribution in [-0.2, 0) is 5.75 Å². The topological polar surface area (TPSA) is 52.1 Å². The second-order valence-corrected chi connectivity index (χ2v) is 5.63. The Kier molecular flexibility index (Phi) is 4.00. The number of hydrogen-bond acceptors (Lipinski definition) is 5. The molecule has 2 aromatic heterocycles. The van der Waals surface area contributed by atoms with Crippen LogP contribution >= 0.6 is 35.0 Å². The molecule has 0 aliphatic heterocycles. The second kappa shape index (κ2) is 5.91. The number of benzene rings is 1. The zero-order valence-corrected chi connectivity index (χ0v) is 12.4. The Morgan fingerprint density at radius 2 is 2.00 bits per heavy atom. The summed E-state index contributed by atoms with van der Waals surface area (Å²) in [4.78, 5) is 0. The first kappa shape index (κ1) is 13.5. The minimum absolute atomic E-state index is 0.367. The van der Waals surface area contributed by atoms with E-state index in [4.69, 9.17) is 32.0 Å². The molecule has 0 spiro atoms. The zero-order chi connectivity index (χ0) is 13.9. The molecule has 0 unspecified atom stereocenters. The van der Waals surface area contributed by atoms with Crippen molar-refractivity contribution in [3.05, 3.63) is 52.2 Å². The van der Waals surface area contributed by atoms with Gasteiger partial charge in [0.15, 0.2) is 5.76 Å². The van der Waals surface area contributed by atoms with E-state index in [-0.39, 0.29) is 0 Å². The van der Waals surface area contributed by atoms with Crippen LogP contribution in [-0.4, -0.2) is 10.2 Å². The summed E-state index contributed by atoms with van der Waals surface area (Å²) in [5, 5.41) is 9.43. The standard InChI is InChI=1S/C13H8Cl2N2O2S/c14-9-4-3-8(6-10(9)15)7-20-13-17-16-12(19-13)11-2-1-5-18-11/h1-6H,7H2. The van der Waals surface area contributed by atoms with Gasteiger partial charge in [0.25, 0.3) is 11.1 Å². The van der Waals surface area contributed by atoms with Crippen LogP contribution in [0.4, 0.5) is 0 Å². The summed E-state index contributed by atoms with van der Waals surface area (Å²) in [7, 11) is 0. The normalized spacial score (nSPS) is 10.9. The van der Waals surface area contributed by atoms with Crippen molar-refractivity contribution >= 4 is 35.0 Å². The Morgan fingerprint density at radius 1 is 1.10 bits per heavy atom. The summed E-state index contributed by atoms with van der Waals surface area (Å²) >= 11 is 13.3. The fourth-order valence-electron chi connectivity index (χ4n) is 1.54. The SMILES string of the molecule is Clc1ccc(CSc2nnc(-c3ccco3)o2)cc1Cl. The quantitative estimate of drug-likeness (QED) is 0.636. The lowest BCUT2D eigenvalue weighted by atomic mass is 10.2. The third-order valence-electron chi connectivity index (χ3n) is 2.48. The van der Waals surface area contributed by atoms with Crippen LogP contribution in [0.1, 0.15) is 5.56 Å². The Morgan fingerprint density at radius 3 is 2.75 bits per heavy atom. The van der Waals surface area contributed by atoms with E-state index in [1.807, 2.05) is 12.1 Å². The summed E-state index contributed by atoms with van der Waals surface area (Å²) in [5.74, 6) is 1.59. The van der Waals surface area contributed by atoms with Crippen LogP contribution in [0.25, 0.3) is 11.7 Å². The van der Waals surface area contributed by atoms with Crippen LogP contribution in [0.2, 0.25) is 10.0 Å². The molecule has 0 fully saturated rings. The third-order valence-corrected chi connectivity index (χ3v) is 4.11. The molecular formula is C13H8Cl2N2O2S. The van der Waals surface area contributed by atoms with E-state index in [2.05, 4.69) is 10.2 Å². The van der Waals surface area contributed by atoms with Gasteiger partial charge in [-0.1, -0.05) is 41.0 Å². The summed E-state index contributed by atoms with van der Waals surface area (Å²) < 4.78 is 10.7. The van der Waals surface area contributed by atoms with Gasteiger partial charge in [0.2, 0.25) is 0 Å². The van der Waals surface area contributed by atoms with Gasteiger partial charge >= 0.3 is 0 Å². The molecule has 0 saturated carbocycles. The second-order valence-electron chi connectivity index (χ2n) is 3.89. The first-order chi connectivity index (χ1) is 9.72. The molecule has 0 radical (unpaired) electrons. The molecule has 0 aliphatic rings. The molecule has 0 atom stereocenters. The van der Waals surface area contributed by atoms with E-state index >= 15 is 0 Å². The molecule has 0 bridgehead atoms. The number of halogens is 2. The van der Waals surface area contributed by atoms with Crippen molar-refractivity contribution in [1.29, 1.82) is 0 Å². The molecule has 102 valence electrons. The number of furan rings is 1. The number of hydrogen-bond donors (Lipinski definition) is 0. The average Bonchev–Trinajstić information content (AvgIpc) is 3.09. The van der Waals surface area contributed by atoms with Gasteiger partial charge in [-0.05, 0) is 29.8 Å². The number of nitrogens with zero attached hydrogens (tertiary/aromatic N) is 2. The van der Waals surface area contributed by atoms with Crippen molar-refractivity contribution < 1.29 is 8.83 Å². The summed E-state index contributed by atoms with van der Waals surface area (Å²) in [6, 6.07) is 9.02. The average molecular weight is 327 g/mol. The molecule has 0 aliphatic carbocycles. The van der Waals surface area contributed by atoms with Crippen LogP contribution in [0, 0.1) is 0 Å². The molecule has 4 nitrogen and oxygen atoms in total. The predicted octanol–water partition coefficient (Wildman–Crippen LogP) is 4.93. The number of thioether (sulfide) groups is 1. The van der Waals surface area contributed by atoms with Gasteiger partial charge in [0, 0.05) is 5.75 Å². The maximum Gasteiger partial charge on any atom is 0.284 e. The van der Waals surface area contributed by atoms with E-state index in [0.717, 1.165) is 5.56 Å². The molecule has 2 heterocycles. The summed E-state index contributed by atoms with van der Waals surface area (Å²) in [6.45, 7) is 0.